The van der Waals surface area contributed by atoms with Crippen molar-refractivity contribution < 1.29 is 13.9 Å². The van der Waals surface area contributed by atoms with Crippen molar-refractivity contribution in [3.8, 4) is 0 Å². The standard InChI is InChI=1S/C21H21FN4O4/c22-15-7-5-14(6-8-15)12-26-20(28)19-17(4-1-9-23-19)25(21(26)29)13-18(27)24-11-16-3-2-10-30-16/h1,4-9,16H,2-3,10-13H2,(H,24,27)/t16-/m0/s1. The molecule has 1 saturated heterocycles. The van der Waals surface area contributed by atoms with Crippen LogP contribution in [-0.4, -0.2) is 39.3 Å². The zero-order valence-corrected chi connectivity index (χ0v) is 16.2. The number of nitrogens with one attached hydrogen (secondary N) is 1. The van der Waals surface area contributed by atoms with Gasteiger partial charge in [-0.25, -0.2) is 14.2 Å². The summed E-state index contributed by atoms with van der Waals surface area (Å²) in [6.45, 7) is 0.753. The average molecular weight is 412 g/mol. The second kappa shape index (κ2) is 8.58. The summed E-state index contributed by atoms with van der Waals surface area (Å²) < 4.78 is 20.9. The number of amides is 1. The van der Waals surface area contributed by atoms with E-state index in [2.05, 4.69) is 10.3 Å². The van der Waals surface area contributed by atoms with Gasteiger partial charge in [-0.05, 0) is 42.7 Å². The van der Waals surface area contributed by atoms with Crippen LogP contribution in [0.15, 0.2) is 52.2 Å². The molecule has 1 fully saturated rings. The molecule has 1 aliphatic rings. The SMILES string of the molecule is O=C(Cn1c(=O)n(Cc2ccc(F)cc2)c(=O)c2ncccc21)NC[C@@H]1CCCO1. The minimum Gasteiger partial charge on any atom is -0.376 e. The maximum absolute atomic E-state index is 13.2. The second-order valence-electron chi connectivity index (χ2n) is 7.20. The molecule has 0 unspecified atom stereocenters. The molecule has 0 aliphatic carbocycles. The Hall–Kier alpha value is -3.33. The number of carbonyl (C=O) groups is 1. The number of rotatable bonds is 6. The normalized spacial score (nSPS) is 16.1. The van der Waals surface area contributed by atoms with Gasteiger partial charge < -0.3 is 10.1 Å². The molecular weight excluding hydrogens is 391 g/mol. The van der Waals surface area contributed by atoms with Gasteiger partial charge in [0.1, 0.15) is 12.4 Å². The summed E-state index contributed by atoms with van der Waals surface area (Å²) in [5.74, 6) is -0.767. The number of hydrogen-bond donors (Lipinski definition) is 1. The highest BCUT2D eigenvalue weighted by Gasteiger charge is 2.19. The molecule has 156 valence electrons. The smallest absolute Gasteiger partial charge is 0.332 e. The van der Waals surface area contributed by atoms with Crippen LogP contribution in [0, 0.1) is 5.82 Å². The van der Waals surface area contributed by atoms with Crippen LogP contribution in [0.3, 0.4) is 0 Å². The van der Waals surface area contributed by atoms with Gasteiger partial charge in [0.25, 0.3) is 5.56 Å². The van der Waals surface area contributed by atoms with Crippen LogP contribution < -0.4 is 16.6 Å². The largest absolute Gasteiger partial charge is 0.376 e. The van der Waals surface area contributed by atoms with Gasteiger partial charge >= 0.3 is 5.69 Å². The zero-order valence-electron chi connectivity index (χ0n) is 16.2. The van der Waals surface area contributed by atoms with Gasteiger partial charge in [0, 0.05) is 19.3 Å². The zero-order chi connectivity index (χ0) is 21.1. The van der Waals surface area contributed by atoms with Gasteiger partial charge in [0.2, 0.25) is 5.91 Å². The van der Waals surface area contributed by atoms with Crippen molar-refractivity contribution in [3.05, 3.63) is 74.8 Å². The van der Waals surface area contributed by atoms with E-state index < -0.39 is 17.1 Å². The van der Waals surface area contributed by atoms with E-state index in [1.165, 1.54) is 35.0 Å². The van der Waals surface area contributed by atoms with Crippen LogP contribution in [0.1, 0.15) is 18.4 Å². The van der Waals surface area contributed by atoms with E-state index in [9.17, 15) is 18.8 Å². The summed E-state index contributed by atoms with van der Waals surface area (Å²) in [7, 11) is 0. The van der Waals surface area contributed by atoms with E-state index in [1.807, 2.05) is 0 Å². The van der Waals surface area contributed by atoms with Gasteiger partial charge in [-0.2, -0.15) is 0 Å². The molecule has 9 heteroatoms. The van der Waals surface area contributed by atoms with E-state index in [-0.39, 0.29) is 36.1 Å². The molecule has 1 aromatic carbocycles. The summed E-state index contributed by atoms with van der Waals surface area (Å²) in [6, 6.07) is 8.71. The molecule has 0 bridgehead atoms. The Morgan fingerprint density at radius 1 is 1.20 bits per heavy atom. The highest BCUT2D eigenvalue weighted by atomic mass is 19.1. The Labute approximate surface area is 170 Å². The number of pyridine rings is 1. The van der Waals surface area contributed by atoms with Crippen LogP contribution in [0.5, 0.6) is 0 Å². The Morgan fingerprint density at radius 3 is 2.73 bits per heavy atom. The van der Waals surface area contributed by atoms with Crippen molar-refractivity contribution in [1.82, 2.24) is 19.4 Å². The second-order valence-corrected chi connectivity index (χ2v) is 7.20. The topological polar surface area (TPSA) is 95.2 Å². The first-order valence-corrected chi connectivity index (χ1v) is 9.74. The molecule has 0 radical (unpaired) electrons. The lowest BCUT2D eigenvalue weighted by Gasteiger charge is -2.15. The molecular formula is C21H21FN4O4. The fourth-order valence-corrected chi connectivity index (χ4v) is 3.54. The quantitative estimate of drug-likeness (QED) is 0.653. The number of carbonyl (C=O) groups excluding carboxylic acids is 1. The van der Waals surface area contributed by atoms with Crippen molar-refractivity contribution in [2.24, 2.45) is 0 Å². The van der Waals surface area contributed by atoms with Crippen molar-refractivity contribution in [2.75, 3.05) is 13.2 Å². The number of aromatic nitrogens is 3. The van der Waals surface area contributed by atoms with Crippen molar-refractivity contribution in [3.63, 3.8) is 0 Å². The fraction of sp³-hybridized carbons (Fsp3) is 0.333. The maximum atomic E-state index is 13.2. The predicted molar refractivity (Wildman–Crippen MR) is 108 cm³/mol. The average Bonchev–Trinajstić information content (AvgIpc) is 3.28. The van der Waals surface area contributed by atoms with Crippen LogP contribution in [0.25, 0.3) is 11.0 Å². The van der Waals surface area contributed by atoms with Crippen LogP contribution in [0.2, 0.25) is 0 Å². The third-order valence-corrected chi connectivity index (χ3v) is 5.09. The number of ether oxygens (including phenoxy) is 1. The molecule has 3 aromatic rings. The third-order valence-electron chi connectivity index (χ3n) is 5.09. The Kier molecular flexibility index (Phi) is 5.71. The fourth-order valence-electron chi connectivity index (χ4n) is 3.54. The summed E-state index contributed by atoms with van der Waals surface area (Å²) >= 11 is 0. The molecule has 3 heterocycles. The van der Waals surface area contributed by atoms with Crippen molar-refractivity contribution in [2.45, 2.75) is 32.0 Å². The highest BCUT2D eigenvalue weighted by molar-refractivity contribution is 5.79. The monoisotopic (exact) mass is 412 g/mol. The molecule has 1 amide bonds. The molecule has 4 rings (SSSR count). The first-order valence-electron chi connectivity index (χ1n) is 9.74. The van der Waals surface area contributed by atoms with Crippen LogP contribution >= 0.6 is 0 Å². The van der Waals surface area contributed by atoms with Gasteiger partial charge in [0.05, 0.1) is 18.2 Å². The molecule has 30 heavy (non-hydrogen) atoms. The Balaban J connectivity index is 1.67. The van der Waals surface area contributed by atoms with Gasteiger partial charge in [-0.3, -0.25) is 18.7 Å². The minimum atomic E-state index is -0.628. The van der Waals surface area contributed by atoms with Crippen molar-refractivity contribution in [1.29, 1.82) is 0 Å². The number of nitrogens with zero attached hydrogens (tertiary/aromatic N) is 3. The summed E-state index contributed by atoms with van der Waals surface area (Å²) in [5, 5.41) is 2.78. The summed E-state index contributed by atoms with van der Waals surface area (Å²) in [6.07, 6.45) is 3.29. The lowest BCUT2D eigenvalue weighted by atomic mass is 10.2. The Bertz CT molecular complexity index is 1180. The van der Waals surface area contributed by atoms with E-state index >= 15 is 0 Å². The first-order chi connectivity index (χ1) is 14.5. The summed E-state index contributed by atoms with van der Waals surface area (Å²) in [5.41, 5.74) is -0.227. The lowest BCUT2D eigenvalue weighted by Crippen LogP contribution is -2.43. The molecule has 0 spiro atoms. The van der Waals surface area contributed by atoms with Crippen LogP contribution in [0.4, 0.5) is 4.39 Å². The number of hydrogen-bond acceptors (Lipinski definition) is 5. The van der Waals surface area contributed by atoms with E-state index in [4.69, 9.17) is 4.74 Å². The van der Waals surface area contributed by atoms with E-state index in [0.29, 0.717) is 18.7 Å². The highest BCUT2D eigenvalue weighted by Crippen LogP contribution is 2.11. The maximum Gasteiger partial charge on any atom is 0.332 e. The molecule has 1 N–H and O–H groups in total. The first kappa shape index (κ1) is 20.0. The number of fused-ring (bicyclic) bond motifs is 1. The molecule has 8 nitrogen and oxygen atoms in total. The number of halogens is 1. The van der Waals surface area contributed by atoms with Crippen molar-refractivity contribution >= 4 is 16.9 Å². The molecule has 2 aromatic heterocycles. The Morgan fingerprint density at radius 2 is 2.00 bits per heavy atom. The molecule has 1 atom stereocenters. The predicted octanol–water partition coefficient (Wildman–Crippen LogP) is 1.04. The van der Waals surface area contributed by atoms with E-state index in [0.717, 1.165) is 17.4 Å². The minimum absolute atomic E-state index is 0.0171. The van der Waals surface area contributed by atoms with Gasteiger partial charge in [-0.15, -0.1) is 0 Å². The van der Waals surface area contributed by atoms with E-state index in [1.54, 1.807) is 12.1 Å². The van der Waals surface area contributed by atoms with Gasteiger partial charge in [-0.1, -0.05) is 12.1 Å². The third kappa shape index (κ3) is 4.16. The van der Waals surface area contributed by atoms with Crippen LogP contribution in [-0.2, 0) is 22.6 Å². The number of benzene rings is 1. The molecule has 1 aliphatic heterocycles. The lowest BCUT2D eigenvalue weighted by molar-refractivity contribution is -0.122. The van der Waals surface area contributed by atoms with Gasteiger partial charge in [0.15, 0.2) is 5.52 Å². The molecule has 0 saturated carbocycles. The summed E-state index contributed by atoms with van der Waals surface area (Å²) in [4.78, 5) is 42.5.